The van der Waals surface area contributed by atoms with E-state index in [1.165, 1.54) is 22.8 Å². The summed E-state index contributed by atoms with van der Waals surface area (Å²) < 4.78 is 1.16. The highest BCUT2D eigenvalue weighted by Crippen LogP contribution is 2.28. The Balaban J connectivity index is 2.22. The van der Waals surface area contributed by atoms with Gasteiger partial charge in [0.1, 0.15) is 0 Å². The molecule has 0 saturated carbocycles. The first-order chi connectivity index (χ1) is 8.70. The number of rotatable bonds is 4. The molecular weight excluding hydrogens is 308 g/mol. The number of hydrogen-bond acceptors (Lipinski definition) is 3. The number of thioether (sulfide) groups is 1. The minimum absolute atomic E-state index is 0.268. The molecule has 0 aliphatic carbocycles. The highest BCUT2D eigenvalue weighted by Gasteiger charge is 2.16. The Morgan fingerprint density at radius 2 is 2.11 bits per heavy atom. The summed E-state index contributed by atoms with van der Waals surface area (Å²) in [6, 6.07) is 6.86. The highest BCUT2D eigenvalue weighted by molar-refractivity contribution is 9.10. The van der Waals surface area contributed by atoms with Crippen LogP contribution in [-0.4, -0.2) is 30.6 Å². The summed E-state index contributed by atoms with van der Waals surface area (Å²) in [6.07, 6.45) is 2.01. The Morgan fingerprint density at radius 1 is 1.39 bits per heavy atom. The van der Waals surface area contributed by atoms with E-state index >= 15 is 0 Å². The molecule has 2 N–H and O–H groups in total. The van der Waals surface area contributed by atoms with Crippen LogP contribution in [0.3, 0.4) is 0 Å². The van der Waals surface area contributed by atoms with Crippen molar-refractivity contribution in [3.63, 3.8) is 0 Å². The smallest absolute Gasteiger partial charge is 0.0411 e. The molecule has 18 heavy (non-hydrogen) atoms. The van der Waals surface area contributed by atoms with Gasteiger partial charge in [-0.1, -0.05) is 28.9 Å². The van der Waals surface area contributed by atoms with Crippen LogP contribution in [0, 0.1) is 0 Å². The van der Waals surface area contributed by atoms with Gasteiger partial charge >= 0.3 is 0 Å². The van der Waals surface area contributed by atoms with Crippen LogP contribution in [-0.2, 0) is 6.42 Å². The fourth-order valence-electron chi connectivity index (χ4n) is 2.24. The number of nitrogens with two attached hydrogens (primary N) is 1. The normalized spacial score (nSPS) is 17.8. The molecule has 0 amide bonds. The molecule has 0 radical (unpaired) electrons. The van der Waals surface area contributed by atoms with Crippen molar-refractivity contribution in [2.45, 2.75) is 25.8 Å². The molecule has 1 unspecified atom stereocenters. The Hall–Kier alpha value is -0.190. The lowest BCUT2D eigenvalue weighted by atomic mass is 10.0. The van der Waals surface area contributed by atoms with Gasteiger partial charge in [-0.15, -0.1) is 0 Å². The predicted octanol–water partition coefficient (Wildman–Crippen LogP) is 3.28. The zero-order valence-corrected chi connectivity index (χ0v) is 13.3. The van der Waals surface area contributed by atoms with Crippen molar-refractivity contribution in [2.24, 2.45) is 5.73 Å². The third-order valence-electron chi connectivity index (χ3n) is 3.41. The fraction of sp³-hybridized carbons (Fsp3) is 0.571. The van der Waals surface area contributed by atoms with E-state index in [-0.39, 0.29) is 6.04 Å². The van der Waals surface area contributed by atoms with Crippen molar-refractivity contribution < 1.29 is 0 Å². The first-order valence-corrected chi connectivity index (χ1v) is 8.52. The summed E-state index contributed by atoms with van der Waals surface area (Å²) in [7, 11) is 0. The van der Waals surface area contributed by atoms with Crippen LogP contribution >= 0.6 is 27.7 Å². The molecule has 1 saturated heterocycles. The molecule has 0 spiro atoms. The van der Waals surface area contributed by atoms with Gasteiger partial charge in [-0.05, 0) is 30.5 Å². The Labute approximate surface area is 122 Å². The molecule has 2 rings (SSSR count). The SMILES string of the molecule is CCC(N)Cc1ccc(Br)cc1N1CCSCC1. The topological polar surface area (TPSA) is 29.3 Å². The quantitative estimate of drug-likeness (QED) is 0.919. The highest BCUT2D eigenvalue weighted by atomic mass is 79.9. The predicted molar refractivity (Wildman–Crippen MR) is 85.7 cm³/mol. The lowest BCUT2D eigenvalue weighted by Gasteiger charge is -2.31. The third-order valence-corrected chi connectivity index (χ3v) is 4.84. The maximum atomic E-state index is 6.11. The Kier molecular flexibility index (Phi) is 5.39. The largest absolute Gasteiger partial charge is 0.370 e. The third kappa shape index (κ3) is 3.65. The summed E-state index contributed by atoms with van der Waals surface area (Å²) >= 11 is 5.63. The summed E-state index contributed by atoms with van der Waals surface area (Å²) in [5.41, 5.74) is 8.86. The lowest BCUT2D eigenvalue weighted by Crippen LogP contribution is -2.34. The van der Waals surface area contributed by atoms with Crippen LogP contribution in [0.1, 0.15) is 18.9 Å². The summed E-state index contributed by atoms with van der Waals surface area (Å²) in [5.74, 6) is 2.46. The molecule has 1 heterocycles. The van der Waals surface area contributed by atoms with Gasteiger partial charge in [-0.2, -0.15) is 11.8 Å². The second-order valence-corrected chi connectivity index (χ2v) is 6.89. The minimum atomic E-state index is 0.268. The van der Waals surface area contributed by atoms with Gasteiger partial charge in [-0.25, -0.2) is 0 Å². The van der Waals surface area contributed by atoms with Crippen molar-refractivity contribution in [2.75, 3.05) is 29.5 Å². The van der Waals surface area contributed by atoms with Crippen LogP contribution in [0.25, 0.3) is 0 Å². The average Bonchev–Trinajstić information content (AvgIpc) is 2.41. The summed E-state index contributed by atoms with van der Waals surface area (Å²) in [5, 5.41) is 0. The van der Waals surface area contributed by atoms with E-state index < -0.39 is 0 Å². The standard InChI is InChI=1S/C14H21BrN2S/c1-2-13(16)9-11-3-4-12(15)10-14(11)17-5-7-18-8-6-17/h3-4,10,13H,2,5-9,16H2,1H3. The number of anilines is 1. The summed E-state index contributed by atoms with van der Waals surface area (Å²) in [4.78, 5) is 2.50. The van der Waals surface area contributed by atoms with Crippen LogP contribution in [0.4, 0.5) is 5.69 Å². The van der Waals surface area contributed by atoms with E-state index in [0.29, 0.717) is 0 Å². The van der Waals surface area contributed by atoms with Gasteiger partial charge in [-0.3, -0.25) is 0 Å². The molecule has 1 aliphatic heterocycles. The van der Waals surface area contributed by atoms with Crippen LogP contribution in [0.15, 0.2) is 22.7 Å². The van der Waals surface area contributed by atoms with Gasteiger partial charge in [0, 0.05) is 40.8 Å². The molecule has 4 heteroatoms. The van der Waals surface area contributed by atoms with Crippen molar-refractivity contribution in [1.29, 1.82) is 0 Å². The average molecular weight is 329 g/mol. The molecule has 1 fully saturated rings. The van der Waals surface area contributed by atoms with Gasteiger partial charge in [0.15, 0.2) is 0 Å². The van der Waals surface area contributed by atoms with Crippen LogP contribution in [0.5, 0.6) is 0 Å². The molecule has 1 atom stereocenters. The molecule has 1 aliphatic rings. The van der Waals surface area contributed by atoms with Gasteiger partial charge in [0.2, 0.25) is 0 Å². The monoisotopic (exact) mass is 328 g/mol. The number of hydrogen-bond donors (Lipinski definition) is 1. The Morgan fingerprint density at radius 3 is 2.78 bits per heavy atom. The molecule has 0 aromatic heterocycles. The second kappa shape index (κ2) is 6.83. The van der Waals surface area contributed by atoms with E-state index in [9.17, 15) is 0 Å². The zero-order chi connectivity index (χ0) is 13.0. The lowest BCUT2D eigenvalue weighted by molar-refractivity contribution is 0.644. The first-order valence-electron chi connectivity index (χ1n) is 6.57. The van der Waals surface area contributed by atoms with Gasteiger partial charge in [0.05, 0.1) is 0 Å². The minimum Gasteiger partial charge on any atom is -0.370 e. The maximum Gasteiger partial charge on any atom is 0.0411 e. The van der Waals surface area contributed by atoms with Crippen molar-refractivity contribution in [3.8, 4) is 0 Å². The van der Waals surface area contributed by atoms with E-state index in [1.54, 1.807) is 0 Å². The Bertz CT molecular complexity index is 391. The van der Waals surface area contributed by atoms with E-state index in [4.69, 9.17) is 5.73 Å². The molecule has 1 aromatic rings. The zero-order valence-electron chi connectivity index (χ0n) is 10.9. The van der Waals surface area contributed by atoms with Gasteiger partial charge < -0.3 is 10.6 Å². The fourth-order valence-corrected chi connectivity index (χ4v) is 3.49. The molecular formula is C14H21BrN2S. The maximum absolute atomic E-state index is 6.11. The second-order valence-electron chi connectivity index (χ2n) is 4.74. The van der Waals surface area contributed by atoms with E-state index in [1.807, 2.05) is 11.8 Å². The van der Waals surface area contributed by atoms with Crippen LogP contribution in [0.2, 0.25) is 0 Å². The molecule has 100 valence electrons. The molecule has 0 bridgehead atoms. The van der Waals surface area contributed by atoms with E-state index in [2.05, 4.69) is 46.0 Å². The van der Waals surface area contributed by atoms with Crippen LogP contribution < -0.4 is 10.6 Å². The van der Waals surface area contributed by atoms with Crippen molar-refractivity contribution in [3.05, 3.63) is 28.2 Å². The molecule has 1 aromatic carbocycles. The molecule has 2 nitrogen and oxygen atoms in total. The number of benzene rings is 1. The van der Waals surface area contributed by atoms with Crippen molar-refractivity contribution in [1.82, 2.24) is 0 Å². The number of halogens is 1. The first kappa shape index (κ1) is 14.2. The van der Waals surface area contributed by atoms with E-state index in [0.717, 1.165) is 30.4 Å². The summed E-state index contributed by atoms with van der Waals surface area (Å²) in [6.45, 7) is 4.45. The number of nitrogens with zero attached hydrogens (tertiary/aromatic N) is 1. The van der Waals surface area contributed by atoms with Gasteiger partial charge in [0.25, 0.3) is 0 Å². The van der Waals surface area contributed by atoms with Crippen molar-refractivity contribution >= 4 is 33.4 Å².